The van der Waals surface area contributed by atoms with Crippen molar-refractivity contribution >= 4 is 45.2 Å². The molecule has 0 spiro atoms. The number of non-ortho nitro benzene ring substituents is 1. The fourth-order valence-electron chi connectivity index (χ4n) is 2.79. The highest BCUT2D eigenvalue weighted by molar-refractivity contribution is 9.10. The van der Waals surface area contributed by atoms with Crippen LogP contribution in [-0.4, -0.2) is 23.8 Å². The van der Waals surface area contributed by atoms with E-state index < -0.39 is 22.6 Å². The summed E-state index contributed by atoms with van der Waals surface area (Å²) >= 11 is 3.30. The van der Waals surface area contributed by atoms with Crippen molar-refractivity contribution in [3.8, 4) is 5.75 Å². The van der Waals surface area contributed by atoms with Gasteiger partial charge in [0.25, 0.3) is 17.5 Å². The van der Waals surface area contributed by atoms with Gasteiger partial charge in [0.2, 0.25) is 0 Å². The number of hydrogen-bond acceptors (Lipinski definition) is 5. The zero-order chi connectivity index (χ0) is 24.0. The van der Waals surface area contributed by atoms with Gasteiger partial charge < -0.3 is 15.4 Å². The van der Waals surface area contributed by atoms with Crippen LogP contribution in [0.1, 0.15) is 15.9 Å². The Kier molecular flexibility index (Phi) is 7.52. The average molecular weight is 514 g/mol. The van der Waals surface area contributed by atoms with Crippen LogP contribution in [0.5, 0.6) is 5.75 Å². The Morgan fingerprint density at radius 2 is 1.82 bits per heavy atom. The summed E-state index contributed by atoms with van der Waals surface area (Å²) in [6, 6.07) is 15.3. The van der Waals surface area contributed by atoms with Crippen LogP contribution >= 0.6 is 15.9 Å². The van der Waals surface area contributed by atoms with E-state index in [9.17, 15) is 24.1 Å². The summed E-state index contributed by atoms with van der Waals surface area (Å²) in [5.41, 5.74) is 0.517. The molecule has 33 heavy (non-hydrogen) atoms. The van der Waals surface area contributed by atoms with Crippen molar-refractivity contribution in [2.45, 2.75) is 0 Å². The minimum atomic E-state index is -0.700. The van der Waals surface area contributed by atoms with Crippen molar-refractivity contribution in [1.82, 2.24) is 5.32 Å². The Labute approximate surface area is 196 Å². The third-order valence-corrected chi connectivity index (χ3v) is 5.02. The van der Waals surface area contributed by atoms with E-state index >= 15 is 0 Å². The summed E-state index contributed by atoms with van der Waals surface area (Å²) in [6.07, 6.45) is 1.31. The van der Waals surface area contributed by atoms with Gasteiger partial charge in [-0.05, 0) is 70.0 Å². The lowest BCUT2D eigenvalue weighted by Gasteiger charge is -2.12. The molecule has 8 nitrogen and oxygen atoms in total. The zero-order valence-corrected chi connectivity index (χ0v) is 18.8. The Morgan fingerprint density at radius 3 is 2.45 bits per heavy atom. The second kappa shape index (κ2) is 10.5. The summed E-state index contributed by atoms with van der Waals surface area (Å²) in [4.78, 5) is 36.2. The third-order valence-electron chi connectivity index (χ3n) is 4.40. The first-order valence-corrected chi connectivity index (χ1v) is 10.2. The number of hydrogen-bond donors (Lipinski definition) is 2. The fourth-order valence-corrected chi connectivity index (χ4v) is 3.33. The molecule has 10 heteroatoms. The maximum atomic E-state index is 13.2. The first-order valence-electron chi connectivity index (χ1n) is 9.45. The highest BCUT2D eigenvalue weighted by Crippen LogP contribution is 2.25. The molecular weight excluding hydrogens is 497 g/mol. The smallest absolute Gasteiger partial charge is 0.272 e. The number of nitrogens with one attached hydrogen (secondary N) is 2. The molecule has 0 aliphatic carbocycles. The number of halogens is 2. The molecule has 0 atom stereocenters. The number of rotatable bonds is 7. The lowest BCUT2D eigenvalue weighted by molar-refractivity contribution is -0.384. The van der Waals surface area contributed by atoms with E-state index in [1.807, 2.05) is 0 Å². The summed E-state index contributed by atoms with van der Waals surface area (Å²) in [5, 5.41) is 16.2. The predicted octanol–water partition coefficient (Wildman–Crippen LogP) is 4.91. The van der Waals surface area contributed by atoms with Crippen LogP contribution in [0.3, 0.4) is 0 Å². The molecule has 3 aromatic rings. The van der Waals surface area contributed by atoms with Crippen LogP contribution in [0.15, 0.2) is 76.9 Å². The van der Waals surface area contributed by atoms with Gasteiger partial charge in [-0.15, -0.1) is 0 Å². The molecule has 0 bridgehead atoms. The third kappa shape index (κ3) is 6.23. The molecule has 3 aromatic carbocycles. The monoisotopic (exact) mass is 513 g/mol. The number of nitro groups is 1. The molecule has 0 aliphatic rings. The number of anilines is 1. The van der Waals surface area contributed by atoms with E-state index in [2.05, 4.69) is 26.6 Å². The average Bonchev–Trinajstić information content (AvgIpc) is 2.80. The van der Waals surface area contributed by atoms with Gasteiger partial charge in [-0.3, -0.25) is 19.7 Å². The number of nitrogens with zero attached hydrogens (tertiary/aromatic N) is 1. The van der Waals surface area contributed by atoms with Gasteiger partial charge in [0.15, 0.2) is 0 Å². The molecule has 0 saturated carbocycles. The molecule has 0 unspecified atom stereocenters. The van der Waals surface area contributed by atoms with Gasteiger partial charge in [0, 0.05) is 23.4 Å². The fraction of sp³-hybridized carbons (Fsp3) is 0.0435. The van der Waals surface area contributed by atoms with E-state index in [0.29, 0.717) is 21.5 Å². The quantitative estimate of drug-likeness (QED) is 0.264. The van der Waals surface area contributed by atoms with Crippen molar-refractivity contribution in [3.05, 3.63) is 104 Å². The van der Waals surface area contributed by atoms with E-state index in [1.165, 1.54) is 67.8 Å². The molecule has 168 valence electrons. The normalized spacial score (nSPS) is 10.9. The van der Waals surface area contributed by atoms with Crippen LogP contribution in [0.25, 0.3) is 6.08 Å². The van der Waals surface area contributed by atoms with Gasteiger partial charge in [0.05, 0.1) is 16.5 Å². The van der Waals surface area contributed by atoms with Crippen LogP contribution in [0.2, 0.25) is 0 Å². The van der Waals surface area contributed by atoms with Crippen molar-refractivity contribution in [2.24, 2.45) is 0 Å². The van der Waals surface area contributed by atoms with Crippen LogP contribution in [-0.2, 0) is 4.79 Å². The number of carbonyl (C=O) groups excluding carboxylic acids is 2. The van der Waals surface area contributed by atoms with E-state index in [4.69, 9.17) is 4.74 Å². The first kappa shape index (κ1) is 23.6. The first-order chi connectivity index (χ1) is 15.8. The van der Waals surface area contributed by atoms with Crippen molar-refractivity contribution < 1.29 is 23.6 Å². The minimum Gasteiger partial charge on any atom is -0.496 e. The summed E-state index contributed by atoms with van der Waals surface area (Å²) in [5.74, 6) is -1.25. The Hall–Kier alpha value is -4.05. The number of nitro benzene ring substituents is 1. The lowest BCUT2D eigenvalue weighted by atomic mass is 10.1. The number of methoxy groups -OCH3 is 1. The highest BCUT2D eigenvalue weighted by Gasteiger charge is 2.17. The van der Waals surface area contributed by atoms with Crippen LogP contribution < -0.4 is 15.4 Å². The Morgan fingerprint density at radius 1 is 1.09 bits per heavy atom. The van der Waals surface area contributed by atoms with E-state index in [-0.39, 0.29) is 16.9 Å². The molecule has 0 radical (unpaired) electrons. The topological polar surface area (TPSA) is 111 Å². The molecule has 0 heterocycles. The predicted molar refractivity (Wildman–Crippen MR) is 124 cm³/mol. The van der Waals surface area contributed by atoms with Gasteiger partial charge in [-0.1, -0.05) is 12.1 Å². The second-order valence-electron chi connectivity index (χ2n) is 6.67. The van der Waals surface area contributed by atoms with Gasteiger partial charge in [-0.2, -0.15) is 0 Å². The van der Waals surface area contributed by atoms with Crippen molar-refractivity contribution in [3.63, 3.8) is 0 Å². The maximum absolute atomic E-state index is 13.2. The molecule has 0 saturated heterocycles. The maximum Gasteiger partial charge on any atom is 0.272 e. The van der Waals surface area contributed by atoms with Gasteiger partial charge in [0.1, 0.15) is 17.3 Å². The van der Waals surface area contributed by atoms with Gasteiger partial charge >= 0.3 is 0 Å². The Balaban J connectivity index is 1.93. The lowest BCUT2D eigenvalue weighted by Crippen LogP contribution is -2.30. The largest absolute Gasteiger partial charge is 0.496 e. The number of amides is 2. The zero-order valence-electron chi connectivity index (χ0n) is 17.2. The minimum absolute atomic E-state index is 0.170. The molecule has 0 aliphatic heterocycles. The van der Waals surface area contributed by atoms with Crippen molar-refractivity contribution in [1.29, 1.82) is 0 Å². The number of benzene rings is 3. The highest BCUT2D eigenvalue weighted by atomic mass is 79.9. The molecule has 2 amide bonds. The molecular formula is C23H17BrFN3O5. The number of carbonyl (C=O) groups is 2. The van der Waals surface area contributed by atoms with Crippen LogP contribution in [0.4, 0.5) is 15.8 Å². The molecule has 0 fully saturated rings. The van der Waals surface area contributed by atoms with E-state index in [1.54, 1.807) is 12.1 Å². The molecule has 0 aromatic heterocycles. The summed E-state index contributed by atoms with van der Waals surface area (Å²) < 4.78 is 18.9. The SMILES string of the molecule is COc1ccc(C(=O)NC(=Cc2cccc([N+](=O)[O-])c2)C(=O)Nc2ccc(F)cc2)cc1Br. The molecule has 3 rings (SSSR count). The van der Waals surface area contributed by atoms with Crippen LogP contribution in [0, 0.1) is 15.9 Å². The van der Waals surface area contributed by atoms with E-state index in [0.717, 1.165) is 0 Å². The summed E-state index contributed by atoms with van der Waals surface area (Å²) in [6.45, 7) is 0. The molecule has 2 N–H and O–H groups in total. The second-order valence-corrected chi connectivity index (χ2v) is 7.53. The number of ether oxygens (including phenoxy) is 1. The van der Waals surface area contributed by atoms with Gasteiger partial charge in [-0.25, -0.2) is 4.39 Å². The Bertz CT molecular complexity index is 1250. The summed E-state index contributed by atoms with van der Waals surface area (Å²) in [7, 11) is 1.49. The van der Waals surface area contributed by atoms with Crippen molar-refractivity contribution in [2.75, 3.05) is 12.4 Å². The standard InChI is InChI=1S/C23H17BrFN3O5/c1-33-21-10-5-15(13-19(21)24)22(29)27-20(12-14-3-2-4-18(11-14)28(31)32)23(30)26-17-8-6-16(25)7-9-17/h2-13H,1H3,(H,26,30)(H,27,29).